The van der Waals surface area contributed by atoms with Crippen molar-refractivity contribution in [2.75, 3.05) is 0 Å². The van der Waals surface area contributed by atoms with E-state index in [1.165, 1.54) is 19.3 Å². The lowest BCUT2D eigenvalue weighted by Gasteiger charge is -2.35. The zero-order valence-corrected chi connectivity index (χ0v) is 13.3. The minimum atomic E-state index is -0.00756. The second-order valence-corrected chi connectivity index (χ2v) is 6.54. The quantitative estimate of drug-likeness (QED) is 0.893. The van der Waals surface area contributed by atoms with E-state index in [-0.39, 0.29) is 11.6 Å². The molecule has 4 atom stereocenters. The Morgan fingerprint density at radius 2 is 2.00 bits per heavy atom. The third-order valence-electron chi connectivity index (χ3n) is 4.59. The summed E-state index contributed by atoms with van der Waals surface area (Å²) < 4.78 is 0. The van der Waals surface area contributed by atoms with Crippen molar-refractivity contribution in [2.24, 2.45) is 11.8 Å². The first kappa shape index (κ1) is 15.2. The van der Waals surface area contributed by atoms with Crippen LogP contribution in [0.25, 0.3) is 0 Å². The van der Waals surface area contributed by atoms with Crippen LogP contribution in [0.3, 0.4) is 0 Å². The monoisotopic (exact) mass is 277 g/mol. The number of aromatic amines is 1. The van der Waals surface area contributed by atoms with Gasteiger partial charge in [0, 0.05) is 17.8 Å². The topological polar surface area (TPSA) is 57.8 Å². The number of rotatable bonds is 3. The molecule has 4 heteroatoms. The maximum atomic E-state index is 12.1. The van der Waals surface area contributed by atoms with E-state index in [0.29, 0.717) is 17.8 Å². The van der Waals surface area contributed by atoms with Crippen LogP contribution < -0.4 is 10.9 Å². The van der Waals surface area contributed by atoms with Gasteiger partial charge in [0.25, 0.3) is 5.56 Å². The van der Waals surface area contributed by atoms with Crippen LogP contribution in [0.1, 0.15) is 63.2 Å². The van der Waals surface area contributed by atoms with E-state index in [4.69, 9.17) is 0 Å². The largest absolute Gasteiger partial charge is 0.310 e. The zero-order valence-electron chi connectivity index (χ0n) is 13.3. The van der Waals surface area contributed by atoms with Crippen LogP contribution >= 0.6 is 0 Å². The Balaban J connectivity index is 2.13. The molecular formula is C16H27N3O. The average molecular weight is 277 g/mol. The van der Waals surface area contributed by atoms with E-state index >= 15 is 0 Å². The summed E-state index contributed by atoms with van der Waals surface area (Å²) in [6.07, 6.45) is 3.74. The molecule has 1 aliphatic rings. The number of aryl methyl sites for hydroxylation is 2. The molecule has 20 heavy (non-hydrogen) atoms. The highest BCUT2D eigenvalue weighted by atomic mass is 16.1. The molecule has 0 bridgehead atoms. The van der Waals surface area contributed by atoms with E-state index in [1.54, 1.807) is 0 Å². The first-order valence-corrected chi connectivity index (χ1v) is 7.72. The molecule has 4 nitrogen and oxygen atoms in total. The SMILES string of the molecule is Cc1nc(C)c(C(C)NC2CCC(C)CC2C)c(=O)[nH]1. The summed E-state index contributed by atoms with van der Waals surface area (Å²) in [5.74, 6) is 2.17. The molecule has 1 fully saturated rings. The molecule has 2 N–H and O–H groups in total. The summed E-state index contributed by atoms with van der Waals surface area (Å²) in [4.78, 5) is 19.3. The van der Waals surface area contributed by atoms with Gasteiger partial charge in [-0.3, -0.25) is 4.79 Å². The first-order chi connectivity index (χ1) is 9.38. The van der Waals surface area contributed by atoms with Gasteiger partial charge < -0.3 is 10.3 Å². The Bertz CT molecular complexity index is 523. The van der Waals surface area contributed by atoms with Gasteiger partial charge in [-0.25, -0.2) is 4.98 Å². The van der Waals surface area contributed by atoms with Crippen molar-refractivity contribution in [3.63, 3.8) is 0 Å². The van der Waals surface area contributed by atoms with Crippen molar-refractivity contribution in [3.05, 3.63) is 27.4 Å². The number of hydrogen-bond donors (Lipinski definition) is 2. The lowest BCUT2D eigenvalue weighted by atomic mass is 9.79. The summed E-state index contributed by atoms with van der Waals surface area (Å²) in [5.41, 5.74) is 1.61. The molecule has 0 spiro atoms. The predicted molar refractivity (Wildman–Crippen MR) is 81.8 cm³/mol. The van der Waals surface area contributed by atoms with Crippen molar-refractivity contribution < 1.29 is 0 Å². The van der Waals surface area contributed by atoms with Crippen molar-refractivity contribution >= 4 is 0 Å². The summed E-state index contributed by atoms with van der Waals surface area (Å²) in [5, 5.41) is 3.65. The molecule has 2 rings (SSSR count). The Labute approximate surface area is 121 Å². The van der Waals surface area contributed by atoms with Crippen LogP contribution in [0.4, 0.5) is 0 Å². The standard InChI is InChI=1S/C16H27N3O/c1-9-6-7-14(10(2)8-9)18-12(4)15-11(3)17-13(5)19-16(15)20/h9-10,12,14,18H,6-8H2,1-5H3,(H,17,19,20). The normalized spacial score (nSPS) is 28.4. The van der Waals surface area contributed by atoms with Crippen molar-refractivity contribution in [1.29, 1.82) is 0 Å². The highest BCUT2D eigenvalue weighted by molar-refractivity contribution is 5.20. The number of H-pyrrole nitrogens is 1. The van der Waals surface area contributed by atoms with E-state index in [2.05, 4.69) is 36.1 Å². The van der Waals surface area contributed by atoms with Gasteiger partial charge in [-0.1, -0.05) is 13.8 Å². The first-order valence-electron chi connectivity index (χ1n) is 7.72. The summed E-state index contributed by atoms with van der Waals surface area (Å²) in [6, 6.07) is 0.550. The maximum Gasteiger partial charge on any atom is 0.255 e. The van der Waals surface area contributed by atoms with Gasteiger partial charge in [0.05, 0.1) is 5.56 Å². The van der Waals surface area contributed by atoms with Gasteiger partial charge in [-0.15, -0.1) is 0 Å². The Morgan fingerprint density at radius 1 is 1.30 bits per heavy atom. The smallest absolute Gasteiger partial charge is 0.255 e. The van der Waals surface area contributed by atoms with Crippen LogP contribution in [0.2, 0.25) is 0 Å². The maximum absolute atomic E-state index is 12.1. The minimum absolute atomic E-state index is 0.00756. The lowest BCUT2D eigenvalue weighted by molar-refractivity contribution is 0.216. The van der Waals surface area contributed by atoms with Crippen molar-refractivity contribution in [3.8, 4) is 0 Å². The Hall–Kier alpha value is -1.16. The summed E-state index contributed by atoms with van der Waals surface area (Å²) in [7, 11) is 0. The van der Waals surface area contributed by atoms with Crippen LogP contribution in [-0.2, 0) is 0 Å². The van der Waals surface area contributed by atoms with Crippen LogP contribution in [-0.4, -0.2) is 16.0 Å². The molecule has 4 unspecified atom stereocenters. The molecule has 0 saturated heterocycles. The fraction of sp³-hybridized carbons (Fsp3) is 0.750. The Kier molecular flexibility index (Phi) is 4.63. The molecule has 112 valence electrons. The average Bonchev–Trinajstić information content (AvgIpc) is 2.31. The number of nitrogens with one attached hydrogen (secondary N) is 2. The molecular weight excluding hydrogens is 250 g/mol. The second-order valence-electron chi connectivity index (χ2n) is 6.54. The molecule has 0 aliphatic heterocycles. The molecule has 1 aliphatic carbocycles. The zero-order chi connectivity index (χ0) is 14.9. The molecule has 1 heterocycles. The van der Waals surface area contributed by atoms with E-state index in [9.17, 15) is 4.79 Å². The van der Waals surface area contributed by atoms with Crippen molar-refractivity contribution in [1.82, 2.24) is 15.3 Å². The van der Waals surface area contributed by atoms with Crippen LogP contribution in [0.15, 0.2) is 4.79 Å². The Morgan fingerprint density at radius 3 is 2.60 bits per heavy atom. The van der Waals surface area contributed by atoms with Gasteiger partial charge in [-0.05, 0) is 51.9 Å². The molecule has 1 saturated carbocycles. The van der Waals surface area contributed by atoms with Gasteiger partial charge in [0.2, 0.25) is 0 Å². The van der Waals surface area contributed by atoms with Crippen LogP contribution in [0, 0.1) is 25.7 Å². The number of hydrogen-bond acceptors (Lipinski definition) is 3. The van der Waals surface area contributed by atoms with Crippen LogP contribution in [0.5, 0.6) is 0 Å². The highest BCUT2D eigenvalue weighted by Crippen LogP contribution is 2.30. The van der Waals surface area contributed by atoms with Gasteiger partial charge in [-0.2, -0.15) is 0 Å². The van der Waals surface area contributed by atoms with Gasteiger partial charge in [0.15, 0.2) is 0 Å². The molecule has 0 amide bonds. The third kappa shape index (κ3) is 3.29. The third-order valence-corrected chi connectivity index (χ3v) is 4.59. The molecule has 0 radical (unpaired) electrons. The van der Waals surface area contributed by atoms with E-state index < -0.39 is 0 Å². The fourth-order valence-corrected chi connectivity index (χ4v) is 3.56. The minimum Gasteiger partial charge on any atom is -0.310 e. The molecule has 0 aromatic carbocycles. The lowest BCUT2D eigenvalue weighted by Crippen LogP contribution is -2.42. The second kappa shape index (κ2) is 6.08. The number of aromatic nitrogens is 2. The molecule has 1 aromatic rings. The van der Waals surface area contributed by atoms with Crippen molar-refractivity contribution in [2.45, 2.75) is 66.0 Å². The highest BCUT2D eigenvalue weighted by Gasteiger charge is 2.27. The van der Waals surface area contributed by atoms with E-state index in [1.807, 2.05) is 13.8 Å². The summed E-state index contributed by atoms with van der Waals surface area (Å²) in [6.45, 7) is 10.4. The van der Waals surface area contributed by atoms with Gasteiger partial charge in [0.1, 0.15) is 5.82 Å². The fourth-order valence-electron chi connectivity index (χ4n) is 3.56. The van der Waals surface area contributed by atoms with Gasteiger partial charge >= 0.3 is 0 Å². The summed E-state index contributed by atoms with van der Waals surface area (Å²) >= 11 is 0. The predicted octanol–water partition coefficient (Wildman–Crippen LogP) is 2.86. The number of nitrogens with zero attached hydrogens (tertiary/aromatic N) is 1. The molecule has 1 aromatic heterocycles. The van der Waals surface area contributed by atoms with E-state index in [0.717, 1.165) is 17.2 Å².